The van der Waals surface area contributed by atoms with E-state index in [1.54, 1.807) is 6.20 Å². The van der Waals surface area contributed by atoms with Crippen LogP contribution in [0.2, 0.25) is 0 Å². The molecule has 0 atom stereocenters. The van der Waals surface area contributed by atoms with Gasteiger partial charge < -0.3 is 10.5 Å². The van der Waals surface area contributed by atoms with Crippen molar-refractivity contribution in [3.05, 3.63) is 35.9 Å². The minimum atomic E-state index is 0.273. The summed E-state index contributed by atoms with van der Waals surface area (Å²) < 4.78 is 5.63. The van der Waals surface area contributed by atoms with E-state index >= 15 is 0 Å². The highest BCUT2D eigenvalue weighted by Gasteiger charge is 2.08. The zero-order chi connectivity index (χ0) is 12.3. The summed E-state index contributed by atoms with van der Waals surface area (Å²) in [6.45, 7) is 3.97. The molecule has 2 N–H and O–H groups in total. The van der Waals surface area contributed by atoms with Crippen molar-refractivity contribution in [3.8, 4) is 11.6 Å². The lowest BCUT2D eigenvalue weighted by Gasteiger charge is -2.09. The third-order valence-electron chi connectivity index (χ3n) is 2.30. The topological polar surface area (TPSA) is 73.9 Å². The van der Waals surface area contributed by atoms with Crippen molar-refractivity contribution in [2.45, 2.75) is 20.3 Å². The standard InChI is InChI=1S/C12H14N4O/c1-3-9-10(5-4-8(2)16-9)17-12-11(13)14-6-7-15-12/h4-7H,3H2,1-2H3,(H2,13,14). The van der Waals surface area contributed by atoms with Crippen LogP contribution in [0.3, 0.4) is 0 Å². The van der Waals surface area contributed by atoms with E-state index in [0.29, 0.717) is 11.6 Å². The van der Waals surface area contributed by atoms with Crippen LogP contribution >= 0.6 is 0 Å². The average Bonchev–Trinajstić information content (AvgIpc) is 2.34. The van der Waals surface area contributed by atoms with E-state index in [2.05, 4.69) is 15.0 Å². The van der Waals surface area contributed by atoms with Crippen LogP contribution in [0.15, 0.2) is 24.5 Å². The molecule has 0 amide bonds. The molecule has 0 aliphatic carbocycles. The fraction of sp³-hybridized carbons (Fsp3) is 0.250. The quantitative estimate of drug-likeness (QED) is 0.874. The minimum Gasteiger partial charge on any atom is -0.434 e. The van der Waals surface area contributed by atoms with Gasteiger partial charge in [0, 0.05) is 18.1 Å². The van der Waals surface area contributed by atoms with E-state index in [4.69, 9.17) is 10.5 Å². The molecule has 0 aliphatic rings. The molecule has 17 heavy (non-hydrogen) atoms. The molecule has 0 saturated carbocycles. The van der Waals surface area contributed by atoms with E-state index in [0.717, 1.165) is 17.8 Å². The molecular formula is C12H14N4O. The molecule has 5 nitrogen and oxygen atoms in total. The zero-order valence-corrected chi connectivity index (χ0v) is 9.84. The first kappa shape index (κ1) is 11.3. The molecule has 0 spiro atoms. The molecule has 2 aromatic rings. The van der Waals surface area contributed by atoms with Gasteiger partial charge in [0.25, 0.3) is 5.88 Å². The van der Waals surface area contributed by atoms with Crippen LogP contribution in [0.4, 0.5) is 5.82 Å². The van der Waals surface area contributed by atoms with Crippen LogP contribution in [0.25, 0.3) is 0 Å². The van der Waals surface area contributed by atoms with E-state index in [1.807, 2.05) is 26.0 Å². The Morgan fingerprint density at radius 2 is 2.00 bits per heavy atom. The lowest BCUT2D eigenvalue weighted by atomic mass is 10.2. The Morgan fingerprint density at radius 1 is 1.24 bits per heavy atom. The maximum absolute atomic E-state index is 5.67. The van der Waals surface area contributed by atoms with Gasteiger partial charge in [-0.05, 0) is 25.5 Å². The summed E-state index contributed by atoms with van der Waals surface area (Å²) in [6.07, 6.45) is 3.85. The van der Waals surface area contributed by atoms with Crippen molar-refractivity contribution < 1.29 is 4.74 Å². The first-order valence-corrected chi connectivity index (χ1v) is 5.41. The average molecular weight is 230 g/mol. The Labute approximate surface area is 99.7 Å². The molecule has 88 valence electrons. The number of nitrogens with two attached hydrogens (primary N) is 1. The summed E-state index contributed by atoms with van der Waals surface area (Å²) in [5.41, 5.74) is 7.51. The molecule has 0 radical (unpaired) electrons. The second-order valence-corrected chi connectivity index (χ2v) is 3.60. The number of anilines is 1. The summed E-state index contributed by atoms with van der Waals surface area (Å²) in [5, 5.41) is 0. The SMILES string of the molecule is CCc1nc(C)ccc1Oc1nccnc1N. The second-order valence-electron chi connectivity index (χ2n) is 3.60. The highest BCUT2D eigenvalue weighted by atomic mass is 16.5. The number of hydrogen-bond donors (Lipinski definition) is 1. The molecule has 2 aromatic heterocycles. The van der Waals surface area contributed by atoms with Gasteiger partial charge in [-0.15, -0.1) is 0 Å². The van der Waals surface area contributed by atoms with Gasteiger partial charge in [-0.3, -0.25) is 4.98 Å². The third-order valence-corrected chi connectivity index (χ3v) is 2.30. The number of aromatic nitrogens is 3. The summed E-state index contributed by atoms with van der Waals surface area (Å²) in [7, 11) is 0. The largest absolute Gasteiger partial charge is 0.434 e. The molecule has 0 unspecified atom stereocenters. The van der Waals surface area contributed by atoms with Crippen LogP contribution in [-0.2, 0) is 6.42 Å². The third kappa shape index (κ3) is 2.50. The smallest absolute Gasteiger partial charge is 0.262 e. The molecule has 2 heterocycles. The number of nitrogen functional groups attached to an aromatic ring is 1. The number of nitrogens with zero attached hydrogens (tertiary/aromatic N) is 3. The van der Waals surface area contributed by atoms with E-state index < -0.39 is 0 Å². The number of rotatable bonds is 3. The predicted molar refractivity (Wildman–Crippen MR) is 64.9 cm³/mol. The van der Waals surface area contributed by atoms with Gasteiger partial charge >= 0.3 is 0 Å². The van der Waals surface area contributed by atoms with Crippen molar-refractivity contribution >= 4 is 5.82 Å². The van der Waals surface area contributed by atoms with E-state index in [-0.39, 0.29) is 5.82 Å². The zero-order valence-electron chi connectivity index (χ0n) is 9.84. The van der Waals surface area contributed by atoms with Crippen molar-refractivity contribution in [2.75, 3.05) is 5.73 Å². The second kappa shape index (κ2) is 4.78. The van der Waals surface area contributed by atoms with Crippen molar-refractivity contribution in [3.63, 3.8) is 0 Å². The Hall–Kier alpha value is -2.17. The van der Waals surface area contributed by atoms with Crippen molar-refractivity contribution in [2.24, 2.45) is 0 Å². The fourth-order valence-corrected chi connectivity index (χ4v) is 1.46. The number of hydrogen-bond acceptors (Lipinski definition) is 5. The van der Waals surface area contributed by atoms with E-state index in [1.165, 1.54) is 6.20 Å². The van der Waals surface area contributed by atoms with Gasteiger partial charge in [-0.2, -0.15) is 0 Å². The monoisotopic (exact) mass is 230 g/mol. The summed E-state index contributed by atoms with van der Waals surface area (Å²) in [5.74, 6) is 1.26. The maximum Gasteiger partial charge on any atom is 0.262 e. The molecule has 5 heteroatoms. The molecule has 0 aromatic carbocycles. The Bertz CT molecular complexity index is 528. The summed E-state index contributed by atoms with van der Waals surface area (Å²) in [4.78, 5) is 12.4. The molecule has 0 saturated heterocycles. The van der Waals surface area contributed by atoms with Gasteiger partial charge in [-0.25, -0.2) is 9.97 Å². The van der Waals surface area contributed by atoms with E-state index in [9.17, 15) is 0 Å². The van der Waals surface area contributed by atoms with Crippen LogP contribution in [-0.4, -0.2) is 15.0 Å². The Morgan fingerprint density at radius 3 is 2.71 bits per heavy atom. The molecule has 2 rings (SSSR count). The number of aryl methyl sites for hydroxylation is 2. The van der Waals surface area contributed by atoms with Crippen molar-refractivity contribution in [1.82, 2.24) is 15.0 Å². The molecule has 0 aliphatic heterocycles. The van der Waals surface area contributed by atoms with Gasteiger partial charge in [0.05, 0.1) is 5.69 Å². The Balaban J connectivity index is 2.33. The highest BCUT2D eigenvalue weighted by molar-refractivity contribution is 5.43. The summed E-state index contributed by atoms with van der Waals surface area (Å²) in [6, 6.07) is 3.76. The lowest BCUT2D eigenvalue weighted by molar-refractivity contribution is 0.454. The Kier molecular flexibility index (Phi) is 3.18. The first-order valence-electron chi connectivity index (χ1n) is 5.41. The van der Waals surface area contributed by atoms with Gasteiger partial charge in [0.2, 0.25) is 0 Å². The molecular weight excluding hydrogens is 216 g/mol. The molecule has 0 bridgehead atoms. The summed E-state index contributed by atoms with van der Waals surface area (Å²) >= 11 is 0. The van der Waals surface area contributed by atoms with Gasteiger partial charge in [0.1, 0.15) is 0 Å². The van der Waals surface area contributed by atoms with Gasteiger partial charge in [-0.1, -0.05) is 6.92 Å². The van der Waals surface area contributed by atoms with Crippen LogP contribution in [0.5, 0.6) is 11.6 Å². The lowest BCUT2D eigenvalue weighted by Crippen LogP contribution is -2.00. The minimum absolute atomic E-state index is 0.273. The fourth-order valence-electron chi connectivity index (χ4n) is 1.46. The van der Waals surface area contributed by atoms with Crippen LogP contribution in [0.1, 0.15) is 18.3 Å². The van der Waals surface area contributed by atoms with Crippen LogP contribution < -0.4 is 10.5 Å². The molecule has 0 fully saturated rings. The highest BCUT2D eigenvalue weighted by Crippen LogP contribution is 2.25. The first-order chi connectivity index (χ1) is 8.20. The van der Waals surface area contributed by atoms with Crippen LogP contribution in [0, 0.1) is 6.92 Å². The van der Waals surface area contributed by atoms with Gasteiger partial charge in [0.15, 0.2) is 11.6 Å². The number of ether oxygens (including phenoxy) is 1. The van der Waals surface area contributed by atoms with Crippen molar-refractivity contribution in [1.29, 1.82) is 0 Å². The predicted octanol–water partition coefficient (Wildman–Crippen LogP) is 2.12. The number of pyridine rings is 1. The normalized spacial score (nSPS) is 10.2. The maximum atomic E-state index is 5.67.